The lowest BCUT2D eigenvalue weighted by Crippen LogP contribution is -2.58. The smallest absolute Gasteiger partial charge is 0.416 e. The number of carbonyl (C=O) groups is 4. The Morgan fingerprint density at radius 3 is 1.91 bits per heavy atom. The Hall–Kier alpha value is -5.78. The number of carbonyl (C=O) groups excluding carboxylic acids is 4. The summed E-state index contributed by atoms with van der Waals surface area (Å²) in [6.07, 6.45) is -7.73. The summed E-state index contributed by atoms with van der Waals surface area (Å²) in [6, 6.07) is 24.0. The van der Waals surface area contributed by atoms with Gasteiger partial charge in [-0.1, -0.05) is 90.5 Å². The van der Waals surface area contributed by atoms with Gasteiger partial charge in [0.15, 0.2) is 11.6 Å². The first-order chi connectivity index (χ1) is 25.6. The molecule has 1 heterocycles. The van der Waals surface area contributed by atoms with Crippen LogP contribution >= 0.6 is 0 Å². The number of aromatic hydroxyl groups is 1. The first kappa shape index (κ1) is 35.3. The van der Waals surface area contributed by atoms with Crippen LogP contribution in [-0.4, -0.2) is 28.5 Å². The third-order valence-electron chi connectivity index (χ3n) is 11.5. The van der Waals surface area contributed by atoms with E-state index < -0.39 is 87.6 Å². The number of Topliss-reactive ketones (excluding diaryl/α,β-unsaturated/α-hetero) is 1. The number of fused-ring (bicyclic) bond motifs is 4. The number of nitrogens with zero attached hydrogens (tertiary/aromatic N) is 1. The van der Waals surface area contributed by atoms with Gasteiger partial charge < -0.3 is 5.11 Å². The van der Waals surface area contributed by atoms with Crippen molar-refractivity contribution < 1.29 is 50.6 Å². The highest BCUT2D eigenvalue weighted by Gasteiger charge is 2.66. The fraction of sp³-hybridized carbons (Fsp3) is 0.238. The molecule has 6 atom stereocenters. The SMILES string of the molecule is O=C1C(c2ccccc2)=CC(=O)C2(c3ccccc3)C1CC1C(=CCC3C(=O)N(c4cc(C(F)(F)F)cc(C(F)(F)F)c4)C(=O)C31)C2c1ccccc1O. The Morgan fingerprint density at radius 2 is 1.30 bits per heavy atom. The maximum absolute atomic E-state index is 15.0. The number of benzene rings is 4. The van der Waals surface area contributed by atoms with Gasteiger partial charge in [0.05, 0.1) is 34.1 Å². The Bertz CT molecular complexity index is 2260. The second-order valence-electron chi connectivity index (χ2n) is 14.1. The molecular formula is C42H29F6NO5. The largest absolute Gasteiger partial charge is 0.508 e. The number of hydrogen-bond donors (Lipinski definition) is 1. The van der Waals surface area contributed by atoms with E-state index in [4.69, 9.17) is 0 Å². The van der Waals surface area contributed by atoms with E-state index >= 15 is 4.79 Å². The summed E-state index contributed by atoms with van der Waals surface area (Å²) in [7, 11) is 0. The highest BCUT2D eigenvalue weighted by molar-refractivity contribution is 6.32. The van der Waals surface area contributed by atoms with E-state index in [2.05, 4.69) is 0 Å². The Balaban J connectivity index is 1.33. The van der Waals surface area contributed by atoms with Gasteiger partial charge in [0.1, 0.15) is 5.75 Å². The normalized spacial score (nSPS) is 26.9. The predicted molar refractivity (Wildman–Crippen MR) is 184 cm³/mol. The standard InChI is InChI=1S/C42H29F6NO5/c43-41(44,45)24-17-25(42(46,47)48)19-26(18-24)49-38(53)29-16-15-27-31(35(29)39(49)54)20-32-37(52)30(22-9-3-1-4-10-22)21-34(51)40(32,23-11-5-2-6-12-23)36(27)28-13-7-8-14-33(28)50/h1-15,17-19,21,29,31-32,35-36,50H,16,20H2. The summed E-state index contributed by atoms with van der Waals surface area (Å²) in [6.45, 7) is 0. The number of rotatable bonds is 4. The van der Waals surface area contributed by atoms with Crippen LogP contribution in [0.15, 0.2) is 121 Å². The first-order valence-electron chi connectivity index (χ1n) is 17.2. The van der Waals surface area contributed by atoms with Gasteiger partial charge in [-0.2, -0.15) is 26.3 Å². The monoisotopic (exact) mass is 741 g/mol. The van der Waals surface area contributed by atoms with Gasteiger partial charge in [-0.25, -0.2) is 4.90 Å². The van der Waals surface area contributed by atoms with Crippen molar-refractivity contribution in [2.75, 3.05) is 4.90 Å². The van der Waals surface area contributed by atoms with Gasteiger partial charge in [-0.3, -0.25) is 19.2 Å². The van der Waals surface area contributed by atoms with Crippen molar-refractivity contribution in [2.24, 2.45) is 23.7 Å². The molecule has 4 aliphatic rings. The molecule has 4 aromatic rings. The van der Waals surface area contributed by atoms with E-state index in [1.807, 2.05) is 0 Å². The van der Waals surface area contributed by atoms with Crippen molar-refractivity contribution in [2.45, 2.75) is 36.5 Å². The predicted octanol–water partition coefficient (Wildman–Crippen LogP) is 8.46. The van der Waals surface area contributed by atoms with E-state index in [1.165, 1.54) is 12.1 Å². The minimum absolute atomic E-state index is 0.0774. The van der Waals surface area contributed by atoms with Crippen LogP contribution in [0.5, 0.6) is 5.75 Å². The molecule has 0 radical (unpaired) electrons. The highest BCUT2D eigenvalue weighted by atomic mass is 19.4. The van der Waals surface area contributed by atoms with Gasteiger partial charge in [-0.05, 0) is 60.2 Å². The number of allylic oxidation sites excluding steroid dienone is 4. The van der Waals surface area contributed by atoms with Crippen molar-refractivity contribution in [3.8, 4) is 5.75 Å². The lowest BCUT2D eigenvalue weighted by atomic mass is 9.44. The van der Waals surface area contributed by atoms with Crippen LogP contribution in [0.3, 0.4) is 0 Å². The molecule has 0 aromatic heterocycles. The first-order valence-corrected chi connectivity index (χ1v) is 17.2. The van der Waals surface area contributed by atoms with Gasteiger partial charge in [-0.15, -0.1) is 0 Å². The van der Waals surface area contributed by atoms with E-state index in [0.717, 1.165) is 0 Å². The Kier molecular flexibility index (Phi) is 8.09. The summed E-state index contributed by atoms with van der Waals surface area (Å²) >= 11 is 0. The minimum atomic E-state index is -5.23. The van der Waals surface area contributed by atoms with Crippen molar-refractivity contribution >= 4 is 34.6 Å². The maximum Gasteiger partial charge on any atom is 0.416 e. The number of hydrogen-bond acceptors (Lipinski definition) is 5. The molecule has 3 aliphatic carbocycles. The van der Waals surface area contributed by atoms with E-state index in [0.29, 0.717) is 33.7 Å². The van der Waals surface area contributed by atoms with E-state index in [-0.39, 0.29) is 35.8 Å². The zero-order valence-corrected chi connectivity index (χ0v) is 28.1. The number of imide groups is 1. The second-order valence-corrected chi connectivity index (χ2v) is 14.1. The molecule has 2 amide bonds. The van der Waals surface area contributed by atoms with Crippen LogP contribution in [0.25, 0.3) is 5.57 Å². The lowest BCUT2D eigenvalue weighted by Gasteiger charge is -2.55. The van der Waals surface area contributed by atoms with Crippen LogP contribution < -0.4 is 4.90 Å². The van der Waals surface area contributed by atoms with Gasteiger partial charge in [0.2, 0.25) is 11.8 Å². The number of phenols is 1. The molecule has 2 fully saturated rings. The number of para-hydroxylation sites is 1. The summed E-state index contributed by atoms with van der Waals surface area (Å²) in [4.78, 5) is 58.8. The molecule has 54 heavy (non-hydrogen) atoms. The van der Waals surface area contributed by atoms with Crippen molar-refractivity contribution in [1.82, 2.24) is 0 Å². The lowest BCUT2D eigenvalue weighted by molar-refractivity contribution is -0.143. The third-order valence-corrected chi connectivity index (χ3v) is 11.5. The number of halogens is 6. The zero-order valence-electron chi connectivity index (χ0n) is 28.1. The number of phenolic OH excluding ortho intramolecular Hbond substituents is 1. The molecule has 1 saturated carbocycles. The molecule has 1 N–H and O–H groups in total. The molecule has 4 aromatic carbocycles. The number of alkyl halides is 6. The van der Waals surface area contributed by atoms with E-state index in [1.54, 1.807) is 84.9 Å². The van der Waals surface area contributed by atoms with Gasteiger partial charge in [0.25, 0.3) is 0 Å². The summed E-state index contributed by atoms with van der Waals surface area (Å²) in [5.41, 5.74) is -4.04. The summed E-state index contributed by atoms with van der Waals surface area (Å²) in [5.74, 6) is -8.68. The molecule has 0 spiro atoms. The van der Waals surface area contributed by atoms with Gasteiger partial charge >= 0.3 is 12.4 Å². The van der Waals surface area contributed by atoms with Crippen LogP contribution in [0.1, 0.15) is 46.6 Å². The molecule has 0 bridgehead atoms. The van der Waals surface area contributed by atoms with Crippen molar-refractivity contribution in [3.05, 3.63) is 149 Å². The second kappa shape index (κ2) is 12.4. The molecule has 8 rings (SSSR count). The van der Waals surface area contributed by atoms with Crippen LogP contribution in [0.2, 0.25) is 0 Å². The average Bonchev–Trinajstić information content (AvgIpc) is 3.41. The number of anilines is 1. The van der Waals surface area contributed by atoms with Crippen molar-refractivity contribution in [1.29, 1.82) is 0 Å². The molecular weight excluding hydrogens is 712 g/mol. The molecule has 1 aliphatic heterocycles. The third kappa shape index (κ3) is 5.25. The fourth-order valence-electron chi connectivity index (χ4n) is 9.27. The van der Waals surface area contributed by atoms with E-state index in [9.17, 15) is 45.8 Å². The Morgan fingerprint density at radius 1 is 0.704 bits per heavy atom. The van der Waals surface area contributed by atoms with Gasteiger partial charge in [0, 0.05) is 23.0 Å². The number of ketones is 2. The summed E-state index contributed by atoms with van der Waals surface area (Å²) < 4.78 is 83.3. The quantitative estimate of drug-likeness (QED) is 0.129. The van der Waals surface area contributed by atoms with Crippen LogP contribution in [-0.2, 0) is 36.9 Å². The zero-order chi connectivity index (χ0) is 38.3. The molecule has 274 valence electrons. The molecule has 1 saturated heterocycles. The minimum Gasteiger partial charge on any atom is -0.508 e. The molecule has 6 nitrogen and oxygen atoms in total. The van der Waals surface area contributed by atoms with Crippen molar-refractivity contribution in [3.63, 3.8) is 0 Å². The highest BCUT2D eigenvalue weighted by Crippen LogP contribution is 2.64. The maximum atomic E-state index is 15.0. The number of amides is 2. The topological polar surface area (TPSA) is 91.8 Å². The fourth-order valence-corrected chi connectivity index (χ4v) is 9.27. The average molecular weight is 742 g/mol. The molecule has 6 unspecified atom stereocenters. The summed E-state index contributed by atoms with van der Waals surface area (Å²) in [5, 5.41) is 11.4. The Labute approximate surface area is 304 Å². The molecule has 12 heteroatoms. The van der Waals surface area contributed by atoms with Crippen LogP contribution in [0, 0.1) is 23.7 Å². The van der Waals surface area contributed by atoms with Crippen LogP contribution in [0.4, 0.5) is 32.0 Å².